The molecule has 0 aromatic heterocycles. The van der Waals surface area contributed by atoms with Crippen LogP contribution in [0.25, 0.3) is 0 Å². The summed E-state index contributed by atoms with van der Waals surface area (Å²) in [4.78, 5) is 11.7. The summed E-state index contributed by atoms with van der Waals surface area (Å²) < 4.78 is 25.0. The predicted molar refractivity (Wildman–Crippen MR) is 47.8 cm³/mol. The molecule has 1 aliphatic carbocycles. The number of carbonyl (C=O) groups excluding carboxylic acids is 1. The summed E-state index contributed by atoms with van der Waals surface area (Å²) in [7, 11) is 1.81. The zero-order valence-corrected chi connectivity index (χ0v) is 8.09. The minimum atomic E-state index is -2.46. The Morgan fingerprint density at radius 2 is 2.21 bits per heavy atom. The molecule has 0 aliphatic heterocycles. The van der Waals surface area contributed by atoms with Crippen molar-refractivity contribution >= 4 is 6.41 Å². The molecule has 1 rings (SSSR count). The molecule has 0 atom stereocenters. The number of hydrazine groups is 1. The number of amides is 1. The van der Waals surface area contributed by atoms with E-state index in [2.05, 4.69) is 10.9 Å². The Morgan fingerprint density at radius 1 is 1.57 bits per heavy atom. The Balaban J connectivity index is 2.05. The van der Waals surface area contributed by atoms with E-state index < -0.39 is 5.92 Å². The lowest BCUT2D eigenvalue weighted by Gasteiger charge is -2.40. The van der Waals surface area contributed by atoms with E-state index in [1.165, 1.54) is 0 Å². The number of hydrogen-bond donors (Lipinski definition) is 2. The lowest BCUT2D eigenvalue weighted by atomic mass is 9.87. The molecule has 0 unspecified atom stereocenters. The zero-order valence-electron chi connectivity index (χ0n) is 8.09. The van der Waals surface area contributed by atoms with Crippen molar-refractivity contribution in [2.45, 2.75) is 24.8 Å². The number of nitrogens with zero attached hydrogens (tertiary/aromatic N) is 1. The third kappa shape index (κ3) is 3.19. The molecule has 14 heavy (non-hydrogen) atoms. The van der Waals surface area contributed by atoms with E-state index in [4.69, 9.17) is 0 Å². The van der Waals surface area contributed by atoms with Gasteiger partial charge in [0.15, 0.2) is 0 Å². The second-order valence-electron chi connectivity index (χ2n) is 3.59. The van der Waals surface area contributed by atoms with Gasteiger partial charge in [-0.15, -0.1) is 0 Å². The highest BCUT2D eigenvalue weighted by atomic mass is 19.3. The van der Waals surface area contributed by atoms with Gasteiger partial charge in [0.25, 0.3) is 5.92 Å². The average molecular weight is 207 g/mol. The van der Waals surface area contributed by atoms with Gasteiger partial charge in [-0.3, -0.25) is 10.2 Å². The first-order valence-electron chi connectivity index (χ1n) is 4.55. The number of nitrogens with one attached hydrogen (secondary N) is 2. The highest BCUT2D eigenvalue weighted by molar-refractivity contribution is 5.44. The van der Waals surface area contributed by atoms with Gasteiger partial charge in [0.2, 0.25) is 6.41 Å². The number of carbonyl (C=O) groups is 1. The fraction of sp³-hybridized carbons (Fsp3) is 0.875. The van der Waals surface area contributed by atoms with Crippen molar-refractivity contribution in [2.24, 2.45) is 0 Å². The van der Waals surface area contributed by atoms with Crippen LogP contribution in [0.2, 0.25) is 0 Å². The van der Waals surface area contributed by atoms with Crippen LogP contribution in [0.5, 0.6) is 0 Å². The molecule has 1 aliphatic rings. The topological polar surface area (TPSA) is 44.4 Å². The van der Waals surface area contributed by atoms with E-state index in [0.717, 1.165) is 0 Å². The molecule has 1 saturated carbocycles. The highest BCUT2D eigenvalue weighted by Crippen LogP contribution is 2.39. The van der Waals surface area contributed by atoms with Crippen LogP contribution in [0.4, 0.5) is 8.78 Å². The molecule has 0 radical (unpaired) electrons. The maximum atomic E-state index is 12.5. The molecule has 1 amide bonds. The summed E-state index contributed by atoms with van der Waals surface area (Å²) in [5.41, 5.74) is 4.93. The van der Waals surface area contributed by atoms with Gasteiger partial charge in [0, 0.05) is 32.0 Å². The molecule has 1 fully saturated rings. The minimum absolute atomic E-state index is 0.0250. The monoisotopic (exact) mass is 207 g/mol. The smallest absolute Gasteiger partial charge is 0.251 e. The van der Waals surface area contributed by atoms with Crippen molar-refractivity contribution in [1.29, 1.82) is 0 Å². The maximum Gasteiger partial charge on any atom is 0.251 e. The molecular weight excluding hydrogens is 192 g/mol. The first-order valence-corrected chi connectivity index (χ1v) is 4.55. The second-order valence-corrected chi connectivity index (χ2v) is 3.59. The maximum absolute atomic E-state index is 12.5. The van der Waals surface area contributed by atoms with Crippen molar-refractivity contribution in [3.8, 4) is 0 Å². The summed E-state index contributed by atoms with van der Waals surface area (Å²) >= 11 is 0. The van der Waals surface area contributed by atoms with Crippen LogP contribution in [0.1, 0.15) is 12.8 Å². The van der Waals surface area contributed by atoms with Gasteiger partial charge in [0.05, 0.1) is 0 Å². The number of hydrogen-bond acceptors (Lipinski definition) is 3. The Hall–Kier alpha value is -0.750. The molecule has 0 heterocycles. The van der Waals surface area contributed by atoms with Crippen molar-refractivity contribution in [1.82, 2.24) is 15.8 Å². The Kier molecular flexibility index (Phi) is 3.77. The van der Waals surface area contributed by atoms with E-state index in [0.29, 0.717) is 19.5 Å². The first-order chi connectivity index (χ1) is 6.55. The summed E-state index contributed by atoms with van der Waals surface area (Å²) in [5, 5.41) is 0. The Bertz CT molecular complexity index is 193. The van der Waals surface area contributed by atoms with Gasteiger partial charge in [-0.1, -0.05) is 0 Å². The summed E-state index contributed by atoms with van der Waals surface area (Å²) in [6.07, 6.45) is 0.437. The molecular formula is C8H15F2N3O. The van der Waals surface area contributed by atoms with Crippen molar-refractivity contribution in [3.63, 3.8) is 0 Å². The van der Waals surface area contributed by atoms with E-state index in [-0.39, 0.29) is 18.9 Å². The quantitative estimate of drug-likeness (QED) is 0.365. The lowest BCUT2D eigenvalue weighted by Crippen LogP contribution is -2.51. The van der Waals surface area contributed by atoms with Crippen LogP contribution in [0.3, 0.4) is 0 Å². The highest BCUT2D eigenvalue weighted by Gasteiger charge is 2.46. The van der Waals surface area contributed by atoms with Crippen LogP contribution < -0.4 is 10.9 Å². The molecule has 6 heteroatoms. The number of alkyl halides is 2. The van der Waals surface area contributed by atoms with Gasteiger partial charge in [-0.2, -0.15) is 0 Å². The normalized spacial score (nSPS) is 20.6. The predicted octanol–water partition coefficient (Wildman–Crippen LogP) is -0.0335. The van der Waals surface area contributed by atoms with Gasteiger partial charge in [-0.05, 0) is 7.05 Å². The fourth-order valence-electron chi connectivity index (χ4n) is 1.47. The Morgan fingerprint density at radius 3 is 2.71 bits per heavy atom. The fourth-order valence-corrected chi connectivity index (χ4v) is 1.47. The van der Waals surface area contributed by atoms with Crippen molar-refractivity contribution in [3.05, 3.63) is 0 Å². The van der Waals surface area contributed by atoms with Crippen LogP contribution >= 0.6 is 0 Å². The molecule has 0 aromatic rings. The molecule has 0 spiro atoms. The summed E-state index contributed by atoms with van der Waals surface area (Å²) in [6, 6.07) is -0.0250. The van der Waals surface area contributed by atoms with Gasteiger partial charge < -0.3 is 4.90 Å². The van der Waals surface area contributed by atoms with Crippen molar-refractivity contribution in [2.75, 3.05) is 20.1 Å². The largest absolute Gasteiger partial charge is 0.302 e. The van der Waals surface area contributed by atoms with Crippen LogP contribution in [0, 0.1) is 0 Å². The van der Waals surface area contributed by atoms with E-state index in [1.807, 2.05) is 11.9 Å². The Labute approximate surface area is 81.6 Å². The lowest BCUT2D eigenvalue weighted by molar-refractivity contribution is -0.119. The number of likely N-dealkylation sites (N-methyl/N-ethyl adjacent to an activating group) is 1. The molecule has 82 valence electrons. The first kappa shape index (κ1) is 11.3. The average Bonchev–Trinajstić information content (AvgIpc) is 2.08. The van der Waals surface area contributed by atoms with Gasteiger partial charge >= 0.3 is 0 Å². The SMILES string of the molecule is CN(CCNNC=O)C1CC(F)(F)C1. The van der Waals surface area contributed by atoms with Gasteiger partial charge in [-0.25, -0.2) is 14.2 Å². The molecule has 4 nitrogen and oxygen atoms in total. The molecule has 0 aromatic carbocycles. The number of halogens is 2. The van der Waals surface area contributed by atoms with Crippen LogP contribution in [0.15, 0.2) is 0 Å². The molecule has 0 bridgehead atoms. The summed E-state index contributed by atoms with van der Waals surface area (Å²) in [5.74, 6) is -2.46. The standard InChI is InChI=1S/C8H15F2N3O/c1-13(3-2-11-12-6-14)7-4-8(9,10)5-7/h6-7,11H,2-5H2,1H3,(H,12,14). The zero-order chi connectivity index (χ0) is 10.6. The van der Waals surface area contributed by atoms with Crippen LogP contribution in [-0.2, 0) is 4.79 Å². The molecule has 2 N–H and O–H groups in total. The van der Waals surface area contributed by atoms with E-state index in [1.54, 1.807) is 0 Å². The van der Waals surface area contributed by atoms with E-state index in [9.17, 15) is 13.6 Å². The number of rotatable bonds is 6. The third-order valence-electron chi connectivity index (χ3n) is 2.44. The van der Waals surface area contributed by atoms with Crippen molar-refractivity contribution < 1.29 is 13.6 Å². The van der Waals surface area contributed by atoms with E-state index >= 15 is 0 Å². The van der Waals surface area contributed by atoms with Gasteiger partial charge in [0.1, 0.15) is 0 Å². The molecule has 0 saturated heterocycles. The summed E-state index contributed by atoms with van der Waals surface area (Å²) in [6.45, 7) is 1.19. The third-order valence-corrected chi connectivity index (χ3v) is 2.44. The van der Waals surface area contributed by atoms with Crippen LogP contribution in [-0.4, -0.2) is 43.4 Å². The second kappa shape index (κ2) is 4.65. The minimum Gasteiger partial charge on any atom is -0.302 e.